The molecule has 10 nitrogen and oxygen atoms in total. The lowest BCUT2D eigenvalue weighted by Gasteiger charge is -2.32. The van der Waals surface area contributed by atoms with Gasteiger partial charge >= 0.3 is 0 Å². The van der Waals surface area contributed by atoms with Gasteiger partial charge in [0.05, 0.1) is 29.0 Å². The predicted octanol–water partition coefficient (Wildman–Crippen LogP) is 4.04. The number of benzene rings is 3. The second-order valence-electron chi connectivity index (χ2n) is 10.5. The van der Waals surface area contributed by atoms with Gasteiger partial charge in [0.25, 0.3) is 5.56 Å². The highest BCUT2D eigenvalue weighted by Crippen LogP contribution is 2.31. The number of sulfonamides is 1. The molecule has 0 aliphatic carbocycles. The Morgan fingerprint density at radius 2 is 1.69 bits per heavy atom. The lowest BCUT2D eigenvalue weighted by Crippen LogP contribution is -2.44. The SMILES string of the molecule is COc1cc(S(=O)(=O)NC2CCN(Cc3ccccc3)CC2)ccc1-c1nc2c(C)nn(-c3ccccc3)c2c(=O)[nH]1. The highest BCUT2D eigenvalue weighted by atomic mass is 32.2. The van der Waals surface area contributed by atoms with E-state index in [1.165, 1.54) is 24.8 Å². The van der Waals surface area contributed by atoms with Crippen molar-refractivity contribution >= 4 is 21.1 Å². The topological polar surface area (TPSA) is 122 Å². The maximum Gasteiger partial charge on any atom is 0.277 e. The summed E-state index contributed by atoms with van der Waals surface area (Å²) in [7, 11) is -2.34. The van der Waals surface area contributed by atoms with Gasteiger partial charge in [0.15, 0.2) is 5.52 Å². The molecule has 0 radical (unpaired) electrons. The average Bonchev–Trinajstić information content (AvgIpc) is 3.35. The highest BCUT2D eigenvalue weighted by molar-refractivity contribution is 7.89. The number of aromatic nitrogens is 4. The zero-order valence-corrected chi connectivity index (χ0v) is 24.3. The van der Waals surface area contributed by atoms with Crippen molar-refractivity contribution in [2.75, 3.05) is 20.2 Å². The van der Waals surface area contributed by atoms with Gasteiger partial charge in [-0.25, -0.2) is 22.8 Å². The molecule has 0 atom stereocenters. The number of nitrogens with one attached hydrogen (secondary N) is 2. The number of fused-ring (bicyclic) bond motifs is 1. The Kier molecular flexibility index (Phi) is 7.63. The van der Waals surface area contributed by atoms with Crippen molar-refractivity contribution < 1.29 is 13.2 Å². The number of nitrogens with zero attached hydrogens (tertiary/aromatic N) is 4. The first-order chi connectivity index (χ1) is 20.3. The monoisotopic (exact) mass is 584 g/mol. The van der Waals surface area contributed by atoms with E-state index < -0.39 is 10.0 Å². The standard InChI is InChI=1S/C31H32N6O4S/c1-21-28-29(37(34-21)24-11-7-4-8-12-24)31(38)33-30(32-28)26-14-13-25(19-27(26)41-2)42(39,40)35-23-15-17-36(18-16-23)20-22-9-5-3-6-10-22/h3-14,19,23,35H,15-18,20H2,1-2H3,(H,32,33,38). The van der Waals surface area contributed by atoms with Crippen molar-refractivity contribution in [3.05, 3.63) is 100 Å². The number of para-hydroxylation sites is 1. The van der Waals surface area contributed by atoms with Gasteiger partial charge in [-0.1, -0.05) is 48.5 Å². The molecule has 1 fully saturated rings. The zero-order valence-electron chi connectivity index (χ0n) is 23.4. The summed E-state index contributed by atoms with van der Waals surface area (Å²) in [6.45, 7) is 4.27. The van der Waals surface area contributed by atoms with Gasteiger partial charge in [-0.05, 0) is 49.6 Å². The van der Waals surface area contributed by atoms with Crippen LogP contribution in [0.5, 0.6) is 5.75 Å². The van der Waals surface area contributed by atoms with Gasteiger partial charge in [-0.15, -0.1) is 0 Å². The van der Waals surface area contributed by atoms with Gasteiger partial charge in [-0.2, -0.15) is 5.10 Å². The number of likely N-dealkylation sites (tertiary alicyclic amines) is 1. The molecule has 11 heteroatoms. The van der Waals surface area contributed by atoms with E-state index in [1.54, 1.807) is 17.7 Å². The highest BCUT2D eigenvalue weighted by Gasteiger charge is 2.26. The number of hydrogen-bond acceptors (Lipinski definition) is 7. The number of ether oxygens (including phenoxy) is 1. The number of piperidine rings is 1. The van der Waals surface area contributed by atoms with Crippen LogP contribution in [0.3, 0.4) is 0 Å². The molecule has 42 heavy (non-hydrogen) atoms. The maximum absolute atomic E-state index is 13.3. The minimum absolute atomic E-state index is 0.0892. The summed E-state index contributed by atoms with van der Waals surface area (Å²) >= 11 is 0. The molecule has 3 aromatic carbocycles. The van der Waals surface area contributed by atoms with Crippen molar-refractivity contribution in [2.24, 2.45) is 0 Å². The number of methoxy groups -OCH3 is 1. The third-order valence-corrected chi connectivity index (χ3v) is 9.12. The lowest BCUT2D eigenvalue weighted by atomic mass is 10.1. The molecule has 0 bridgehead atoms. The molecule has 0 amide bonds. The van der Waals surface area contributed by atoms with E-state index in [9.17, 15) is 13.2 Å². The molecule has 1 aliphatic rings. The van der Waals surface area contributed by atoms with E-state index in [1.807, 2.05) is 48.5 Å². The maximum atomic E-state index is 13.3. The minimum atomic E-state index is -3.80. The van der Waals surface area contributed by atoms with Gasteiger partial charge in [-0.3, -0.25) is 9.69 Å². The first-order valence-corrected chi connectivity index (χ1v) is 15.3. The van der Waals surface area contributed by atoms with Crippen LogP contribution in [-0.4, -0.2) is 59.3 Å². The lowest BCUT2D eigenvalue weighted by molar-refractivity contribution is 0.200. The first kappa shape index (κ1) is 27.8. The van der Waals surface area contributed by atoms with Crippen molar-refractivity contribution in [1.29, 1.82) is 0 Å². The first-order valence-electron chi connectivity index (χ1n) is 13.8. The van der Waals surface area contributed by atoms with E-state index in [0.29, 0.717) is 22.3 Å². The smallest absolute Gasteiger partial charge is 0.277 e. The molecular formula is C31H32N6O4S. The Morgan fingerprint density at radius 3 is 2.38 bits per heavy atom. The third-order valence-electron chi connectivity index (χ3n) is 7.60. The number of hydrogen-bond donors (Lipinski definition) is 2. The average molecular weight is 585 g/mol. The molecule has 2 aromatic heterocycles. The Bertz CT molecular complexity index is 1880. The van der Waals surface area contributed by atoms with Crippen LogP contribution >= 0.6 is 0 Å². The second-order valence-corrected chi connectivity index (χ2v) is 12.2. The van der Waals surface area contributed by atoms with Crippen LogP contribution in [0.1, 0.15) is 24.1 Å². The molecule has 0 unspecified atom stereocenters. The normalized spacial score (nSPS) is 14.8. The Morgan fingerprint density at radius 1 is 1.00 bits per heavy atom. The number of H-pyrrole nitrogens is 1. The molecular weight excluding hydrogens is 552 g/mol. The van der Waals surface area contributed by atoms with Crippen LogP contribution in [-0.2, 0) is 16.6 Å². The molecule has 5 aromatic rings. The molecule has 2 N–H and O–H groups in total. The van der Waals surface area contributed by atoms with Gasteiger partial charge in [0.1, 0.15) is 17.1 Å². The molecule has 0 saturated carbocycles. The molecule has 1 saturated heterocycles. The van der Waals surface area contributed by atoms with E-state index in [-0.39, 0.29) is 28.1 Å². The summed E-state index contributed by atoms with van der Waals surface area (Å²) in [6, 6.07) is 24.1. The van der Waals surface area contributed by atoms with Crippen molar-refractivity contribution in [1.82, 2.24) is 29.4 Å². The van der Waals surface area contributed by atoms with E-state index in [2.05, 4.69) is 31.8 Å². The molecule has 216 valence electrons. The fourth-order valence-corrected chi connectivity index (χ4v) is 6.74. The largest absolute Gasteiger partial charge is 0.496 e. The van der Waals surface area contributed by atoms with Crippen LogP contribution in [0, 0.1) is 6.92 Å². The molecule has 3 heterocycles. The quantitative estimate of drug-likeness (QED) is 0.282. The van der Waals surface area contributed by atoms with Crippen LogP contribution in [0.4, 0.5) is 0 Å². The Balaban J connectivity index is 1.22. The summed E-state index contributed by atoms with van der Waals surface area (Å²) in [4.78, 5) is 23.2. The Labute approximate surface area is 244 Å². The fourth-order valence-electron chi connectivity index (χ4n) is 5.42. The predicted molar refractivity (Wildman–Crippen MR) is 161 cm³/mol. The van der Waals surface area contributed by atoms with Crippen molar-refractivity contribution in [3.63, 3.8) is 0 Å². The zero-order chi connectivity index (χ0) is 29.3. The summed E-state index contributed by atoms with van der Waals surface area (Å²) < 4.78 is 36.7. The van der Waals surface area contributed by atoms with Gasteiger partial charge < -0.3 is 9.72 Å². The summed E-state index contributed by atoms with van der Waals surface area (Å²) in [6.07, 6.45) is 1.45. The van der Waals surface area contributed by atoms with E-state index >= 15 is 0 Å². The van der Waals surface area contributed by atoms with Crippen molar-refractivity contribution in [2.45, 2.75) is 37.2 Å². The summed E-state index contributed by atoms with van der Waals surface area (Å²) in [5, 5.41) is 4.54. The molecule has 1 aliphatic heterocycles. The molecule has 0 spiro atoms. The van der Waals surface area contributed by atoms with Crippen molar-refractivity contribution in [3.8, 4) is 22.8 Å². The van der Waals surface area contributed by atoms with E-state index in [0.717, 1.165) is 38.2 Å². The third kappa shape index (κ3) is 5.58. The number of aromatic amines is 1. The Hall–Kier alpha value is -4.32. The van der Waals surface area contributed by atoms with Crippen LogP contribution in [0.15, 0.2) is 88.6 Å². The van der Waals surface area contributed by atoms with Crippen LogP contribution in [0.2, 0.25) is 0 Å². The summed E-state index contributed by atoms with van der Waals surface area (Å²) in [5.74, 6) is 0.550. The number of rotatable bonds is 8. The summed E-state index contributed by atoms with van der Waals surface area (Å²) in [5.41, 5.74) is 3.49. The minimum Gasteiger partial charge on any atom is -0.496 e. The molecule has 6 rings (SSSR count). The van der Waals surface area contributed by atoms with Gasteiger partial charge in [0.2, 0.25) is 10.0 Å². The van der Waals surface area contributed by atoms with Crippen LogP contribution < -0.4 is 15.0 Å². The fraction of sp³-hybridized carbons (Fsp3) is 0.258. The van der Waals surface area contributed by atoms with Crippen LogP contribution in [0.25, 0.3) is 28.1 Å². The van der Waals surface area contributed by atoms with E-state index in [4.69, 9.17) is 9.72 Å². The number of aryl methyl sites for hydroxylation is 1. The van der Waals surface area contributed by atoms with Gasteiger partial charge in [0, 0.05) is 31.7 Å². The second kappa shape index (κ2) is 11.5.